The summed E-state index contributed by atoms with van der Waals surface area (Å²) < 4.78 is 52.1. The predicted octanol–water partition coefficient (Wildman–Crippen LogP) is 2.23. The predicted molar refractivity (Wildman–Crippen MR) is 110 cm³/mol. The number of esters is 1. The molecule has 1 amide bonds. The summed E-state index contributed by atoms with van der Waals surface area (Å²) in [4.78, 5) is 40.8. The van der Waals surface area contributed by atoms with E-state index in [-0.39, 0.29) is 24.2 Å². The van der Waals surface area contributed by atoms with Crippen LogP contribution < -0.4 is 10.9 Å². The molecule has 33 heavy (non-hydrogen) atoms. The van der Waals surface area contributed by atoms with Crippen LogP contribution in [0, 0.1) is 0 Å². The smallest absolute Gasteiger partial charge is 0.433 e. The number of amides is 1. The molecule has 12 heteroatoms. The molecule has 2 N–H and O–H groups in total. The molecule has 0 aliphatic carbocycles. The maximum atomic E-state index is 13.7. The van der Waals surface area contributed by atoms with Gasteiger partial charge in [0, 0.05) is 19.6 Å². The van der Waals surface area contributed by atoms with Crippen LogP contribution in [0.25, 0.3) is 11.0 Å². The zero-order valence-electron chi connectivity index (χ0n) is 18.5. The fourth-order valence-electron chi connectivity index (χ4n) is 3.59. The zero-order valence-corrected chi connectivity index (χ0v) is 18.5. The standard InChI is InChI=1S/C21H24F3N3O6/c1-20(2,3)33-13(28)8-25-18(30)14-15(29)12-7-11(10-5-6-32-9-10)16(21(22,23)24)26-17(12)27(4)19(14)31/h7,10,29H,5-6,8-9H2,1-4H3,(H,25,30)/t10-/m1/s1. The van der Waals surface area contributed by atoms with Crippen molar-refractivity contribution in [3.05, 3.63) is 33.2 Å². The highest BCUT2D eigenvalue weighted by Gasteiger charge is 2.39. The molecule has 1 aliphatic rings. The molecule has 1 atom stereocenters. The highest BCUT2D eigenvalue weighted by molar-refractivity contribution is 6.02. The molecule has 0 bridgehead atoms. The van der Waals surface area contributed by atoms with Crippen molar-refractivity contribution < 1.29 is 37.3 Å². The molecule has 2 aromatic rings. The average Bonchev–Trinajstić information content (AvgIpc) is 3.22. The van der Waals surface area contributed by atoms with E-state index in [1.807, 2.05) is 0 Å². The van der Waals surface area contributed by atoms with E-state index in [9.17, 15) is 32.7 Å². The van der Waals surface area contributed by atoms with Crippen molar-refractivity contribution in [2.24, 2.45) is 7.05 Å². The molecule has 0 aromatic carbocycles. The van der Waals surface area contributed by atoms with Crippen LogP contribution in [0.4, 0.5) is 13.2 Å². The topological polar surface area (TPSA) is 120 Å². The van der Waals surface area contributed by atoms with Crippen LogP contribution in [0.3, 0.4) is 0 Å². The van der Waals surface area contributed by atoms with Crippen molar-refractivity contribution in [3.8, 4) is 5.75 Å². The maximum Gasteiger partial charge on any atom is 0.433 e. The number of aromatic nitrogens is 2. The summed E-state index contributed by atoms with van der Waals surface area (Å²) in [5.74, 6) is -3.28. The van der Waals surface area contributed by atoms with E-state index in [1.165, 1.54) is 0 Å². The number of ether oxygens (including phenoxy) is 2. The summed E-state index contributed by atoms with van der Waals surface area (Å²) in [6, 6.07) is 1.09. The Morgan fingerprint density at radius 2 is 2.00 bits per heavy atom. The van der Waals surface area contributed by atoms with E-state index < -0.39 is 64.3 Å². The van der Waals surface area contributed by atoms with Gasteiger partial charge in [-0.2, -0.15) is 13.2 Å². The van der Waals surface area contributed by atoms with Crippen molar-refractivity contribution in [3.63, 3.8) is 0 Å². The quantitative estimate of drug-likeness (QED) is 0.657. The lowest BCUT2D eigenvalue weighted by atomic mass is 9.95. The number of alkyl halides is 3. The maximum absolute atomic E-state index is 13.7. The Morgan fingerprint density at radius 1 is 1.33 bits per heavy atom. The van der Waals surface area contributed by atoms with Gasteiger partial charge < -0.3 is 19.9 Å². The van der Waals surface area contributed by atoms with Gasteiger partial charge in [0.05, 0.1) is 12.0 Å². The number of aromatic hydroxyl groups is 1. The molecule has 0 spiro atoms. The number of carbonyl (C=O) groups excluding carboxylic acids is 2. The van der Waals surface area contributed by atoms with Crippen molar-refractivity contribution in [2.45, 2.75) is 44.9 Å². The molecular formula is C21H24F3N3O6. The first-order valence-electron chi connectivity index (χ1n) is 10.1. The summed E-state index contributed by atoms with van der Waals surface area (Å²) >= 11 is 0. The summed E-state index contributed by atoms with van der Waals surface area (Å²) in [7, 11) is 1.14. The number of nitrogens with zero attached hydrogens (tertiary/aromatic N) is 2. The van der Waals surface area contributed by atoms with Crippen molar-refractivity contribution in [1.29, 1.82) is 0 Å². The molecule has 0 unspecified atom stereocenters. The van der Waals surface area contributed by atoms with E-state index in [4.69, 9.17) is 9.47 Å². The Kier molecular flexibility index (Phi) is 6.42. The molecule has 1 fully saturated rings. The highest BCUT2D eigenvalue weighted by Crippen LogP contribution is 2.39. The first-order chi connectivity index (χ1) is 15.2. The van der Waals surface area contributed by atoms with Crippen LogP contribution in [0.5, 0.6) is 5.75 Å². The summed E-state index contributed by atoms with van der Waals surface area (Å²) in [5, 5.41) is 12.7. The number of fused-ring (bicyclic) bond motifs is 1. The van der Waals surface area contributed by atoms with Crippen LogP contribution in [-0.4, -0.2) is 51.9 Å². The van der Waals surface area contributed by atoms with Gasteiger partial charge in [0.25, 0.3) is 11.5 Å². The number of halogens is 3. The van der Waals surface area contributed by atoms with Gasteiger partial charge in [0.2, 0.25) is 0 Å². The molecule has 180 valence electrons. The minimum absolute atomic E-state index is 0.0476. The lowest BCUT2D eigenvalue weighted by molar-refractivity contribution is -0.153. The van der Waals surface area contributed by atoms with E-state index in [2.05, 4.69) is 10.3 Å². The summed E-state index contributed by atoms with van der Waals surface area (Å²) in [5.41, 5.74) is -4.40. The minimum atomic E-state index is -4.80. The zero-order chi connectivity index (χ0) is 24.7. The lowest BCUT2D eigenvalue weighted by Crippen LogP contribution is -2.38. The van der Waals surface area contributed by atoms with Gasteiger partial charge in [0.1, 0.15) is 34.8 Å². The van der Waals surface area contributed by atoms with E-state index in [0.29, 0.717) is 6.42 Å². The largest absolute Gasteiger partial charge is 0.506 e. The van der Waals surface area contributed by atoms with Crippen LogP contribution in [0.2, 0.25) is 0 Å². The molecule has 3 rings (SSSR count). The first-order valence-corrected chi connectivity index (χ1v) is 10.1. The number of nitrogens with one attached hydrogen (secondary N) is 1. The Morgan fingerprint density at radius 3 is 2.55 bits per heavy atom. The van der Waals surface area contributed by atoms with Gasteiger partial charge >= 0.3 is 12.1 Å². The second-order valence-electron chi connectivity index (χ2n) is 8.71. The second-order valence-corrected chi connectivity index (χ2v) is 8.71. The molecule has 2 aromatic heterocycles. The Labute approximate surface area is 186 Å². The molecular weight excluding hydrogens is 447 g/mol. The molecule has 9 nitrogen and oxygen atoms in total. The number of hydrogen-bond acceptors (Lipinski definition) is 7. The Bertz CT molecular complexity index is 1160. The van der Waals surface area contributed by atoms with Crippen LogP contribution in [0.1, 0.15) is 54.7 Å². The SMILES string of the molecule is Cn1c(=O)c(C(=O)NCC(=O)OC(C)(C)C)c(O)c2cc([C@@H]3CCOC3)c(C(F)(F)F)nc21. The van der Waals surface area contributed by atoms with E-state index in [1.54, 1.807) is 20.8 Å². The van der Waals surface area contributed by atoms with Crippen molar-refractivity contribution >= 4 is 22.9 Å². The van der Waals surface area contributed by atoms with Gasteiger partial charge in [-0.25, -0.2) is 4.98 Å². The summed E-state index contributed by atoms with van der Waals surface area (Å²) in [6.45, 7) is 4.64. The van der Waals surface area contributed by atoms with Gasteiger partial charge in [-0.1, -0.05) is 0 Å². The second kappa shape index (κ2) is 8.65. The van der Waals surface area contributed by atoms with Crippen LogP contribution in [0.15, 0.2) is 10.9 Å². The number of pyridine rings is 2. The van der Waals surface area contributed by atoms with Crippen molar-refractivity contribution in [2.75, 3.05) is 19.8 Å². The number of aryl methyl sites for hydroxylation is 1. The lowest BCUT2D eigenvalue weighted by Gasteiger charge is -2.20. The third-order valence-corrected chi connectivity index (χ3v) is 5.04. The van der Waals surface area contributed by atoms with E-state index in [0.717, 1.165) is 17.7 Å². The number of rotatable bonds is 4. The molecule has 0 radical (unpaired) electrons. The number of carbonyl (C=O) groups is 2. The average molecular weight is 471 g/mol. The molecule has 3 heterocycles. The van der Waals surface area contributed by atoms with Gasteiger partial charge in [0.15, 0.2) is 0 Å². The van der Waals surface area contributed by atoms with Gasteiger partial charge in [-0.3, -0.25) is 19.0 Å². The van der Waals surface area contributed by atoms with Crippen molar-refractivity contribution in [1.82, 2.24) is 14.9 Å². The molecule has 0 saturated carbocycles. The Balaban J connectivity index is 2.08. The number of hydrogen-bond donors (Lipinski definition) is 2. The van der Waals surface area contributed by atoms with Gasteiger partial charge in [-0.05, 0) is 38.8 Å². The first kappa shape index (κ1) is 24.5. The third-order valence-electron chi connectivity index (χ3n) is 5.04. The van der Waals surface area contributed by atoms with Crippen LogP contribution in [-0.2, 0) is 27.5 Å². The summed E-state index contributed by atoms with van der Waals surface area (Å²) in [6.07, 6.45) is -4.48. The Hall–Kier alpha value is -3.15. The van der Waals surface area contributed by atoms with E-state index >= 15 is 0 Å². The fraction of sp³-hybridized carbons (Fsp3) is 0.524. The van der Waals surface area contributed by atoms with Gasteiger partial charge in [-0.15, -0.1) is 0 Å². The van der Waals surface area contributed by atoms with Crippen LogP contribution >= 0.6 is 0 Å². The molecule has 1 saturated heterocycles. The third kappa shape index (κ3) is 5.10. The highest BCUT2D eigenvalue weighted by atomic mass is 19.4. The monoisotopic (exact) mass is 471 g/mol. The molecule has 1 aliphatic heterocycles. The fourth-order valence-corrected chi connectivity index (χ4v) is 3.59. The minimum Gasteiger partial charge on any atom is -0.506 e. The normalized spacial score (nSPS) is 16.8.